The maximum atomic E-state index is 13.7. The van der Waals surface area contributed by atoms with E-state index < -0.39 is 23.4 Å². The van der Waals surface area contributed by atoms with Crippen molar-refractivity contribution in [3.05, 3.63) is 58.8 Å². The molecule has 0 aliphatic carbocycles. The van der Waals surface area contributed by atoms with Crippen LogP contribution in [0, 0.1) is 11.6 Å². The van der Waals surface area contributed by atoms with Gasteiger partial charge in [0.1, 0.15) is 17.5 Å². The van der Waals surface area contributed by atoms with Gasteiger partial charge >= 0.3 is 6.18 Å². The van der Waals surface area contributed by atoms with Gasteiger partial charge in [0.05, 0.1) is 11.1 Å². The van der Waals surface area contributed by atoms with Crippen molar-refractivity contribution in [3.8, 4) is 0 Å². The van der Waals surface area contributed by atoms with Gasteiger partial charge in [-0.25, -0.2) is 13.8 Å². The Kier molecular flexibility index (Phi) is 5.01. The number of hydrogen-bond donors (Lipinski definition) is 2. The zero-order valence-corrected chi connectivity index (χ0v) is 12.3. The number of nitrogens with one attached hydrogen (secondary N) is 2. The van der Waals surface area contributed by atoms with E-state index in [4.69, 9.17) is 0 Å². The molecule has 0 bridgehead atoms. The van der Waals surface area contributed by atoms with Crippen molar-refractivity contribution in [2.24, 2.45) is 0 Å². The van der Waals surface area contributed by atoms with E-state index in [1.54, 1.807) is 0 Å². The molecule has 9 heteroatoms. The Morgan fingerprint density at radius 2 is 1.88 bits per heavy atom. The number of aromatic nitrogens is 1. The van der Waals surface area contributed by atoms with Crippen LogP contribution in [0.2, 0.25) is 0 Å². The summed E-state index contributed by atoms with van der Waals surface area (Å²) in [5.74, 6) is -2.82. The minimum Gasteiger partial charge on any atom is -0.366 e. The summed E-state index contributed by atoms with van der Waals surface area (Å²) in [6.45, 7) is -0.271. The topological polar surface area (TPSA) is 54.0 Å². The highest BCUT2D eigenvalue weighted by Crippen LogP contribution is 2.32. The summed E-state index contributed by atoms with van der Waals surface area (Å²) in [6, 6.07) is 3.50. The largest absolute Gasteiger partial charge is 0.419 e. The van der Waals surface area contributed by atoms with Gasteiger partial charge in [0, 0.05) is 25.4 Å². The van der Waals surface area contributed by atoms with Gasteiger partial charge in [0.15, 0.2) is 0 Å². The lowest BCUT2D eigenvalue weighted by Gasteiger charge is -2.12. The Hall–Kier alpha value is -2.71. The van der Waals surface area contributed by atoms with E-state index in [2.05, 4.69) is 15.6 Å². The van der Waals surface area contributed by atoms with Crippen molar-refractivity contribution >= 4 is 11.7 Å². The molecule has 1 heterocycles. The number of alkyl halides is 3. The molecule has 1 aromatic carbocycles. The third kappa shape index (κ3) is 3.98. The molecule has 0 unspecified atom stereocenters. The molecule has 0 aliphatic heterocycles. The Morgan fingerprint density at radius 3 is 2.42 bits per heavy atom. The fourth-order valence-electron chi connectivity index (χ4n) is 1.90. The van der Waals surface area contributed by atoms with Crippen LogP contribution < -0.4 is 10.6 Å². The molecule has 0 saturated carbocycles. The molecule has 24 heavy (non-hydrogen) atoms. The van der Waals surface area contributed by atoms with Gasteiger partial charge in [-0.3, -0.25) is 4.79 Å². The summed E-state index contributed by atoms with van der Waals surface area (Å²) in [7, 11) is 1.45. The molecule has 4 nitrogen and oxygen atoms in total. The second-order valence-corrected chi connectivity index (χ2v) is 4.79. The third-order valence-electron chi connectivity index (χ3n) is 3.15. The van der Waals surface area contributed by atoms with Crippen LogP contribution in [-0.4, -0.2) is 17.9 Å². The van der Waals surface area contributed by atoms with Gasteiger partial charge in [0.2, 0.25) is 0 Å². The molecule has 128 valence electrons. The van der Waals surface area contributed by atoms with E-state index in [9.17, 15) is 26.7 Å². The molecule has 2 N–H and O–H groups in total. The van der Waals surface area contributed by atoms with Gasteiger partial charge in [-0.2, -0.15) is 13.2 Å². The lowest BCUT2D eigenvalue weighted by molar-refractivity contribution is -0.140. The number of halogens is 5. The Balaban J connectivity index is 2.12. The van der Waals surface area contributed by atoms with Crippen molar-refractivity contribution in [2.45, 2.75) is 12.7 Å². The van der Waals surface area contributed by atoms with Crippen LogP contribution in [-0.2, 0) is 12.7 Å². The molecule has 0 spiro atoms. The summed E-state index contributed by atoms with van der Waals surface area (Å²) in [5.41, 5.74) is -1.63. The van der Waals surface area contributed by atoms with Gasteiger partial charge in [-0.1, -0.05) is 0 Å². The quantitative estimate of drug-likeness (QED) is 0.836. The predicted molar refractivity (Wildman–Crippen MR) is 76.3 cm³/mol. The first-order chi connectivity index (χ1) is 11.2. The zero-order valence-electron chi connectivity index (χ0n) is 12.3. The van der Waals surface area contributed by atoms with E-state index in [-0.39, 0.29) is 29.9 Å². The van der Waals surface area contributed by atoms with Crippen molar-refractivity contribution in [1.29, 1.82) is 0 Å². The molecular weight excluding hydrogens is 333 g/mol. The fraction of sp³-hybridized carbons (Fsp3) is 0.200. The van der Waals surface area contributed by atoms with Gasteiger partial charge in [-0.15, -0.1) is 0 Å². The lowest BCUT2D eigenvalue weighted by atomic mass is 10.1. The third-order valence-corrected chi connectivity index (χ3v) is 3.15. The number of amides is 1. The molecule has 0 atom stereocenters. The van der Waals surface area contributed by atoms with Crippen molar-refractivity contribution in [2.75, 3.05) is 12.4 Å². The Labute approximate surface area is 133 Å². The van der Waals surface area contributed by atoms with Crippen molar-refractivity contribution < 1.29 is 26.7 Å². The standard InChI is InChI=1S/C15H12F5N3O/c1-21-14(24)8-2-3-13(22-6-8)23-7-9-4-12(17)10(5-11(9)16)15(18,19)20/h2-6H,7H2,1H3,(H,21,24)(H,22,23). The van der Waals surface area contributed by atoms with E-state index in [1.807, 2.05) is 0 Å². The summed E-state index contributed by atoms with van der Waals surface area (Å²) < 4.78 is 64.6. The Morgan fingerprint density at radius 1 is 1.17 bits per heavy atom. The van der Waals surface area contributed by atoms with E-state index >= 15 is 0 Å². The Bertz CT molecular complexity index is 744. The molecule has 2 rings (SSSR count). The molecule has 1 aromatic heterocycles. The highest BCUT2D eigenvalue weighted by atomic mass is 19.4. The number of hydrogen-bond acceptors (Lipinski definition) is 3. The molecule has 2 aromatic rings. The normalized spacial score (nSPS) is 11.2. The molecule has 0 radical (unpaired) electrons. The number of rotatable bonds is 4. The SMILES string of the molecule is CNC(=O)c1ccc(NCc2cc(F)c(C(F)(F)F)cc2F)nc1. The maximum Gasteiger partial charge on any atom is 0.419 e. The highest BCUT2D eigenvalue weighted by molar-refractivity contribution is 5.93. The van der Waals surface area contributed by atoms with Gasteiger partial charge in [-0.05, 0) is 24.3 Å². The van der Waals surface area contributed by atoms with E-state index in [1.165, 1.54) is 25.4 Å². The summed E-state index contributed by atoms with van der Waals surface area (Å²) in [6.07, 6.45) is -3.70. The lowest BCUT2D eigenvalue weighted by Crippen LogP contribution is -2.18. The number of nitrogens with zero attached hydrogens (tertiary/aromatic N) is 1. The predicted octanol–water partition coefficient (Wildman–Crippen LogP) is 3.35. The molecule has 0 fully saturated rings. The van der Waals surface area contributed by atoms with Crippen LogP contribution in [0.1, 0.15) is 21.5 Å². The molecule has 1 amide bonds. The first-order valence-electron chi connectivity index (χ1n) is 6.69. The van der Waals surface area contributed by atoms with Crippen LogP contribution in [0.4, 0.5) is 27.8 Å². The van der Waals surface area contributed by atoms with Gasteiger partial charge < -0.3 is 10.6 Å². The fourth-order valence-corrected chi connectivity index (χ4v) is 1.90. The van der Waals surface area contributed by atoms with E-state index in [0.717, 1.165) is 0 Å². The van der Waals surface area contributed by atoms with Crippen molar-refractivity contribution in [3.63, 3.8) is 0 Å². The monoisotopic (exact) mass is 345 g/mol. The molecule has 0 saturated heterocycles. The van der Waals surface area contributed by atoms with E-state index in [0.29, 0.717) is 11.6 Å². The second kappa shape index (κ2) is 6.81. The average Bonchev–Trinajstić information content (AvgIpc) is 2.54. The van der Waals surface area contributed by atoms with Crippen LogP contribution in [0.5, 0.6) is 0 Å². The molecular formula is C15H12F5N3O. The van der Waals surface area contributed by atoms with Crippen LogP contribution in [0.3, 0.4) is 0 Å². The smallest absolute Gasteiger partial charge is 0.366 e. The van der Waals surface area contributed by atoms with Crippen LogP contribution >= 0.6 is 0 Å². The highest BCUT2D eigenvalue weighted by Gasteiger charge is 2.35. The number of anilines is 1. The van der Waals surface area contributed by atoms with Gasteiger partial charge in [0.25, 0.3) is 5.91 Å². The first kappa shape index (κ1) is 17.6. The number of carbonyl (C=O) groups excluding carboxylic acids is 1. The number of benzene rings is 1. The van der Waals surface area contributed by atoms with Crippen LogP contribution in [0.15, 0.2) is 30.5 Å². The maximum absolute atomic E-state index is 13.7. The zero-order chi connectivity index (χ0) is 17.9. The van der Waals surface area contributed by atoms with Crippen molar-refractivity contribution in [1.82, 2.24) is 10.3 Å². The number of carbonyl (C=O) groups is 1. The first-order valence-corrected chi connectivity index (χ1v) is 6.69. The molecule has 0 aliphatic rings. The minimum absolute atomic E-state index is 0.120. The van der Waals surface area contributed by atoms with Crippen LogP contribution in [0.25, 0.3) is 0 Å². The summed E-state index contributed by atoms with van der Waals surface area (Å²) in [4.78, 5) is 15.2. The average molecular weight is 345 g/mol. The second-order valence-electron chi connectivity index (χ2n) is 4.79. The summed E-state index contributed by atoms with van der Waals surface area (Å²) in [5, 5.41) is 5.05. The minimum atomic E-state index is -4.96. The summed E-state index contributed by atoms with van der Waals surface area (Å²) >= 11 is 0. The number of pyridine rings is 1.